The summed E-state index contributed by atoms with van der Waals surface area (Å²) in [6.07, 6.45) is 6.17. The molecule has 2 saturated heterocycles. The molecule has 1 aromatic rings. The number of ether oxygens (including phenoxy) is 1. The average Bonchev–Trinajstić information content (AvgIpc) is 3.29. The summed E-state index contributed by atoms with van der Waals surface area (Å²) in [5.74, 6) is 0.582. The zero-order valence-corrected chi connectivity index (χ0v) is 16.8. The van der Waals surface area contributed by atoms with Crippen LogP contribution >= 0.6 is 12.4 Å². The molecule has 6 heteroatoms. The Bertz CT molecular complexity index is 703. The maximum atomic E-state index is 13.4. The Morgan fingerprint density at radius 3 is 2.63 bits per heavy atom. The second-order valence-corrected chi connectivity index (χ2v) is 7.82. The molecule has 3 aliphatic rings. The number of likely N-dealkylation sites (tertiary alicyclic amines) is 2. The quantitative estimate of drug-likeness (QED) is 0.789. The molecule has 2 heterocycles. The molecule has 5 nitrogen and oxygen atoms in total. The highest BCUT2D eigenvalue weighted by molar-refractivity contribution is 6.07. The lowest BCUT2D eigenvalue weighted by Crippen LogP contribution is -2.50. The van der Waals surface area contributed by atoms with Gasteiger partial charge in [-0.05, 0) is 69.0 Å². The van der Waals surface area contributed by atoms with Gasteiger partial charge in [0.05, 0.1) is 13.0 Å². The van der Waals surface area contributed by atoms with Gasteiger partial charge in [-0.3, -0.25) is 9.59 Å². The van der Waals surface area contributed by atoms with Gasteiger partial charge in [0.2, 0.25) is 5.91 Å². The molecule has 0 bridgehead atoms. The molecule has 4 rings (SSSR count). The van der Waals surface area contributed by atoms with Crippen molar-refractivity contribution in [3.8, 4) is 5.75 Å². The molecule has 0 aromatic heterocycles. The van der Waals surface area contributed by atoms with Crippen LogP contribution in [0.1, 0.15) is 60.4 Å². The summed E-state index contributed by atoms with van der Waals surface area (Å²) in [7, 11) is 1.62. The molecule has 0 N–H and O–H groups in total. The van der Waals surface area contributed by atoms with E-state index in [0.29, 0.717) is 23.8 Å². The fourth-order valence-electron chi connectivity index (χ4n) is 4.78. The lowest BCUT2D eigenvalue weighted by molar-refractivity contribution is -0.136. The SMILES string of the molecule is COc1ccc2c(c1)C(C(=O)N1CCCCC1CN1CCCC1)CC2=O.Cl. The van der Waals surface area contributed by atoms with Gasteiger partial charge in [0.15, 0.2) is 5.78 Å². The maximum Gasteiger partial charge on any atom is 0.230 e. The highest BCUT2D eigenvalue weighted by Crippen LogP contribution is 2.38. The van der Waals surface area contributed by atoms with Crippen LogP contribution in [0.5, 0.6) is 5.75 Å². The number of carbonyl (C=O) groups is 2. The Kier molecular flexibility index (Phi) is 6.43. The molecule has 0 spiro atoms. The molecular weight excluding hydrogens is 364 g/mol. The van der Waals surface area contributed by atoms with Crippen LogP contribution in [0.4, 0.5) is 0 Å². The molecule has 0 saturated carbocycles. The van der Waals surface area contributed by atoms with Gasteiger partial charge >= 0.3 is 0 Å². The zero-order chi connectivity index (χ0) is 18.1. The van der Waals surface area contributed by atoms with Gasteiger partial charge in [0.1, 0.15) is 5.75 Å². The van der Waals surface area contributed by atoms with Gasteiger partial charge < -0.3 is 14.5 Å². The van der Waals surface area contributed by atoms with Gasteiger partial charge in [0, 0.05) is 31.1 Å². The van der Waals surface area contributed by atoms with E-state index in [1.54, 1.807) is 13.2 Å². The van der Waals surface area contributed by atoms with Gasteiger partial charge in [-0.2, -0.15) is 0 Å². The van der Waals surface area contributed by atoms with E-state index in [4.69, 9.17) is 4.74 Å². The Morgan fingerprint density at radius 1 is 1.15 bits per heavy atom. The largest absolute Gasteiger partial charge is 0.497 e. The highest BCUT2D eigenvalue weighted by Gasteiger charge is 2.39. The predicted molar refractivity (Wildman–Crippen MR) is 107 cm³/mol. The summed E-state index contributed by atoms with van der Waals surface area (Å²) < 4.78 is 5.32. The number of rotatable bonds is 4. The zero-order valence-electron chi connectivity index (χ0n) is 16.0. The minimum atomic E-state index is -0.341. The molecule has 27 heavy (non-hydrogen) atoms. The Balaban J connectivity index is 0.00000210. The first-order valence-electron chi connectivity index (χ1n) is 9.91. The van der Waals surface area contributed by atoms with Crippen molar-refractivity contribution >= 4 is 24.1 Å². The fourth-order valence-corrected chi connectivity index (χ4v) is 4.78. The summed E-state index contributed by atoms with van der Waals surface area (Å²) in [6, 6.07) is 5.78. The Hall–Kier alpha value is -1.59. The number of hydrogen-bond donors (Lipinski definition) is 0. The van der Waals surface area contributed by atoms with Crippen LogP contribution in [0.25, 0.3) is 0 Å². The standard InChI is InChI=1S/C21H28N2O3.ClH/c1-26-16-7-8-17-18(12-16)19(13-20(17)24)21(25)23-11-3-2-6-15(23)14-22-9-4-5-10-22;/h7-8,12,15,19H,2-6,9-11,13-14H2,1H3;1H. The number of fused-ring (bicyclic) bond motifs is 1. The summed E-state index contributed by atoms with van der Waals surface area (Å²) in [6.45, 7) is 4.11. The highest BCUT2D eigenvalue weighted by atomic mass is 35.5. The minimum Gasteiger partial charge on any atom is -0.497 e. The van der Waals surface area contributed by atoms with E-state index in [1.165, 1.54) is 19.3 Å². The first kappa shape index (κ1) is 20.2. The van der Waals surface area contributed by atoms with Gasteiger partial charge in [-0.25, -0.2) is 0 Å². The average molecular weight is 393 g/mol. The van der Waals surface area contributed by atoms with Crippen molar-refractivity contribution < 1.29 is 14.3 Å². The molecule has 0 radical (unpaired) electrons. The van der Waals surface area contributed by atoms with Crippen molar-refractivity contribution in [2.45, 2.75) is 50.5 Å². The predicted octanol–water partition coefficient (Wildman–Crippen LogP) is 3.26. The molecular formula is C21H29ClN2O3. The van der Waals surface area contributed by atoms with Crippen molar-refractivity contribution in [2.75, 3.05) is 33.3 Å². The minimum absolute atomic E-state index is 0. The maximum absolute atomic E-state index is 13.4. The van der Waals surface area contributed by atoms with Crippen molar-refractivity contribution in [3.05, 3.63) is 29.3 Å². The number of carbonyl (C=O) groups excluding carboxylic acids is 2. The molecule has 2 atom stereocenters. The van der Waals surface area contributed by atoms with Crippen LogP contribution in [0.3, 0.4) is 0 Å². The lowest BCUT2D eigenvalue weighted by atomic mass is 9.95. The molecule has 1 aromatic carbocycles. The van der Waals surface area contributed by atoms with E-state index in [9.17, 15) is 9.59 Å². The van der Waals surface area contributed by atoms with E-state index in [-0.39, 0.29) is 30.0 Å². The van der Waals surface area contributed by atoms with Crippen molar-refractivity contribution in [1.82, 2.24) is 9.80 Å². The second-order valence-electron chi connectivity index (χ2n) is 7.82. The molecule has 148 valence electrons. The normalized spacial score (nSPS) is 25.2. The van der Waals surface area contributed by atoms with Crippen LogP contribution < -0.4 is 4.74 Å². The topological polar surface area (TPSA) is 49.9 Å². The molecule has 2 unspecified atom stereocenters. The van der Waals surface area contributed by atoms with Gasteiger partial charge in [-0.1, -0.05) is 0 Å². The van der Waals surface area contributed by atoms with Crippen LogP contribution in [-0.2, 0) is 4.79 Å². The van der Waals surface area contributed by atoms with Crippen LogP contribution in [0.15, 0.2) is 18.2 Å². The first-order valence-corrected chi connectivity index (χ1v) is 9.91. The third-order valence-electron chi connectivity index (χ3n) is 6.20. The molecule has 2 aliphatic heterocycles. The smallest absolute Gasteiger partial charge is 0.230 e. The van der Waals surface area contributed by atoms with E-state index in [0.717, 1.165) is 44.6 Å². The van der Waals surface area contributed by atoms with Crippen molar-refractivity contribution in [3.63, 3.8) is 0 Å². The number of halogens is 1. The van der Waals surface area contributed by atoms with Crippen LogP contribution in [0.2, 0.25) is 0 Å². The van der Waals surface area contributed by atoms with E-state index >= 15 is 0 Å². The van der Waals surface area contributed by atoms with Crippen molar-refractivity contribution in [1.29, 1.82) is 0 Å². The number of ketones is 1. The number of nitrogens with zero attached hydrogens (tertiary/aromatic N) is 2. The Morgan fingerprint density at radius 2 is 1.89 bits per heavy atom. The fraction of sp³-hybridized carbons (Fsp3) is 0.619. The summed E-state index contributed by atoms with van der Waals surface area (Å²) in [5, 5.41) is 0. The molecule has 2 fully saturated rings. The van der Waals surface area contributed by atoms with E-state index in [1.807, 2.05) is 12.1 Å². The monoisotopic (exact) mass is 392 g/mol. The van der Waals surface area contributed by atoms with E-state index < -0.39 is 0 Å². The van der Waals surface area contributed by atoms with Gasteiger partial charge in [-0.15, -0.1) is 12.4 Å². The molecule has 1 amide bonds. The number of hydrogen-bond acceptors (Lipinski definition) is 4. The number of amides is 1. The molecule has 1 aliphatic carbocycles. The van der Waals surface area contributed by atoms with Crippen molar-refractivity contribution in [2.24, 2.45) is 0 Å². The summed E-state index contributed by atoms with van der Waals surface area (Å²) in [4.78, 5) is 30.4. The van der Waals surface area contributed by atoms with Gasteiger partial charge in [0.25, 0.3) is 0 Å². The second kappa shape index (κ2) is 8.61. The summed E-state index contributed by atoms with van der Waals surface area (Å²) >= 11 is 0. The first-order chi connectivity index (χ1) is 12.7. The third kappa shape index (κ3) is 3.99. The Labute approximate surface area is 167 Å². The number of piperidine rings is 1. The van der Waals surface area contributed by atoms with Crippen LogP contribution in [-0.4, -0.2) is 60.8 Å². The van der Waals surface area contributed by atoms with E-state index in [2.05, 4.69) is 9.80 Å². The number of benzene rings is 1. The number of Topliss-reactive ketones (excluding diaryl/α,β-unsaturated/α-hetero) is 1. The third-order valence-corrected chi connectivity index (χ3v) is 6.20. The van der Waals surface area contributed by atoms with Crippen LogP contribution in [0, 0.1) is 0 Å². The lowest BCUT2D eigenvalue weighted by Gasteiger charge is -2.39. The summed E-state index contributed by atoms with van der Waals surface area (Å²) in [5.41, 5.74) is 1.54. The number of methoxy groups -OCH3 is 1.